The van der Waals surface area contributed by atoms with Crippen LogP contribution in [0, 0.1) is 0 Å². The number of hydrogen-bond acceptors (Lipinski definition) is 3. The molecule has 15 heavy (non-hydrogen) atoms. The van der Waals surface area contributed by atoms with E-state index in [2.05, 4.69) is 0 Å². The average Bonchev–Trinajstić information content (AvgIpc) is 2.27. The summed E-state index contributed by atoms with van der Waals surface area (Å²) in [5.74, 6) is 0.556. The molecule has 0 spiro atoms. The first-order chi connectivity index (χ1) is 7.31. The summed E-state index contributed by atoms with van der Waals surface area (Å²) in [6, 6.07) is 4.89. The van der Waals surface area contributed by atoms with Crippen molar-refractivity contribution in [3.8, 4) is 5.75 Å². The molecule has 0 aromatic heterocycles. The maximum Gasteiger partial charge on any atom is 0.188 e. The molecule has 0 amide bonds. The number of carbonyl (C=O) groups excluding carboxylic acids is 1. The third-order valence-electron chi connectivity index (χ3n) is 1.92. The van der Waals surface area contributed by atoms with Gasteiger partial charge in [0.2, 0.25) is 0 Å². The van der Waals surface area contributed by atoms with Gasteiger partial charge in [0.1, 0.15) is 12.0 Å². The van der Waals surface area contributed by atoms with Gasteiger partial charge in [0.15, 0.2) is 6.79 Å². The van der Waals surface area contributed by atoms with E-state index in [9.17, 15) is 9.18 Å². The molecule has 0 radical (unpaired) electrons. The number of alkyl halides is 1. The van der Waals surface area contributed by atoms with Crippen molar-refractivity contribution in [3.63, 3.8) is 0 Å². The van der Waals surface area contributed by atoms with E-state index >= 15 is 0 Å². The zero-order valence-electron chi connectivity index (χ0n) is 8.53. The molecule has 0 aliphatic carbocycles. The van der Waals surface area contributed by atoms with E-state index in [4.69, 9.17) is 9.47 Å². The minimum atomic E-state index is -0.481. The second kappa shape index (κ2) is 6.14. The number of carbonyl (C=O) groups is 1. The normalized spacial score (nSPS) is 10.0. The van der Waals surface area contributed by atoms with E-state index in [1.165, 1.54) is 7.11 Å². The maximum absolute atomic E-state index is 12.2. The first-order valence-corrected chi connectivity index (χ1v) is 4.57. The van der Waals surface area contributed by atoms with Crippen molar-refractivity contribution in [2.45, 2.75) is 6.42 Å². The fourth-order valence-corrected chi connectivity index (χ4v) is 1.23. The third kappa shape index (κ3) is 3.32. The third-order valence-corrected chi connectivity index (χ3v) is 1.92. The Kier molecular flexibility index (Phi) is 4.77. The van der Waals surface area contributed by atoms with Crippen molar-refractivity contribution in [2.75, 3.05) is 20.6 Å². The zero-order valence-corrected chi connectivity index (χ0v) is 8.53. The summed E-state index contributed by atoms with van der Waals surface area (Å²) in [5, 5.41) is 0. The number of aryl methyl sites for hydroxylation is 1. The molecule has 0 saturated heterocycles. The zero-order chi connectivity index (χ0) is 11.1. The number of aldehydes is 1. The second-order valence-electron chi connectivity index (χ2n) is 2.97. The molecule has 0 N–H and O–H groups in total. The Morgan fingerprint density at radius 2 is 2.27 bits per heavy atom. The van der Waals surface area contributed by atoms with Crippen LogP contribution in [0.5, 0.6) is 5.75 Å². The van der Waals surface area contributed by atoms with Gasteiger partial charge in [0.25, 0.3) is 0 Å². The van der Waals surface area contributed by atoms with Gasteiger partial charge in [0.05, 0.1) is 6.67 Å². The quantitative estimate of drug-likeness (QED) is 0.534. The molecule has 4 heteroatoms. The molecule has 82 valence electrons. The van der Waals surface area contributed by atoms with Crippen LogP contribution in [-0.4, -0.2) is 26.9 Å². The van der Waals surface area contributed by atoms with Crippen LogP contribution in [0.15, 0.2) is 18.2 Å². The van der Waals surface area contributed by atoms with Crippen LogP contribution in [0.3, 0.4) is 0 Å². The predicted molar refractivity (Wildman–Crippen MR) is 54.0 cm³/mol. The summed E-state index contributed by atoms with van der Waals surface area (Å²) in [6.07, 6.45) is 0.961. The van der Waals surface area contributed by atoms with Crippen molar-refractivity contribution in [1.82, 2.24) is 0 Å². The van der Waals surface area contributed by atoms with Crippen LogP contribution in [0.4, 0.5) is 4.39 Å². The van der Waals surface area contributed by atoms with Gasteiger partial charge in [-0.2, -0.15) is 0 Å². The van der Waals surface area contributed by atoms with Crippen LogP contribution in [0.2, 0.25) is 0 Å². The molecule has 3 nitrogen and oxygen atoms in total. The van der Waals surface area contributed by atoms with Gasteiger partial charge in [-0.25, -0.2) is 0 Å². The fraction of sp³-hybridized carbons (Fsp3) is 0.364. The maximum atomic E-state index is 12.2. The first-order valence-electron chi connectivity index (χ1n) is 4.57. The Morgan fingerprint density at radius 1 is 1.47 bits per heavy atom. The highest BCUT2D eigenvalue weighted by Crippen LogP contribution is 2.20. The van der Waals surface area contributed by atoms with E-state index in [1.54, 1.807) is 18.2 Å². The van der Waals surface area contributed by atoms with Gasteiger partial charge >= 0.3 is 0 Å². The van der Waals surface area contributed by atoms with Crippen LogP contribution in [0.25, 0.3) is 0 Å². The number of hydrogen-bond donors (Lipinski definition) is 0. The molecule has 0 heterocycles. The Bertz CT molecular complexity index is 326. The topological polar surface area (TPSA) is 35.5 Å². The summed E-state index contributed by atoms with van der Waals surface area (Å²) in [5.41, 5.74) is 1.20. The highest BCUT2D eigenvalue weighted by atomic mass is 19.1. The fourth-order valence-electron chi connectivity index (χ4n) is 1.23. The highest BCUT2D eigenvalue weighted by molar-refractivity contribution is 5.75. The summed E-state index contributed by atoms with van der Waals surface area (Å²) in [7, 11) is 1.51. The lowest BCUT2D eigenvalue weighted by atomic mass is 10.1. The van der Waals surface area contributed by atoms with Crippen LogP contribution >= 0.6 is 0 Å². The van der Waals surface area contributed by atoms with Crippen molar-refractivity contribution < 1.29 is 18.7 Å². The molecule has 0 fully saturated rings. The Labute approximate surface area is 87.8 Å². The molecule has 0 aliphatic rings. The second-order valence-corrected chi connectivity index (χ2v) is 2.97. The minimum Gasteiger partial charge on any atom is -0.467 e. The molecule has 0 bridgehead atoms. The van der Waals surface area contributed by atoms with E-state index in [1.807, 2.05) is 0 Å². The van der Waals surface area contributed by atoms with Crippen molar-refractivity contribution in [1.29, 1.82) is 0 Å². The number of benzene rings is 1. The molecule has 1 aromatic carbocycles. The summed E-state index contributed by atoms with van der Waals surface area (Å²) < 4.78 is 22.2. The van der Waals surface area contributed by atoms with Crippen LogP contribution in [-0.2, 0) is 11.2 Å². The average molecular weight is 212 g/mol. The Hall–Kier alpha value is -1.42. The van der Waals surface area contributed by atoms with Crippen molar-refractivity contribution >= 4 is 6.29 Å². The summed E-state index contributed by atoms with van der Waals surface area (Å²) >= 11 is 0. The predicted octanol–water partition coefficient (Wildman–Crippen LogP) is 1.99. The lowest BCUT2D eigenvalue weighted by Crippen LogP contribution is -2.02. The lowest BCUT2D eigenvalue weighted by Gasteiger charge is -2.09. The lowest BCUT2D eigenvalue weighted by molar-refractivity contribution is 0.0503. The van der Waals surface area contributed by atoms with Gasteiger partial charge in [0, 0.05) is 19.1 Å². The summed E-state index contributed by atoms with van der Waals surface area (Å²) in [6.45, 7) is -0.370. The van der Waals surface area contributed by atoms with Gasteiger partial charge in [-0.05, 0) is 23.8 Å². The van der Waals surface area contributed by atoms with Gasteiger partial charge in [-0.3, -0.25) is 9.18 Å². The van der Waals surface area contributed by atoms with Crippen molar-refractivity contribution in [2.24, 2.45) is 0 Å². The monoisotopic (exact) mass is 212 g/mol. The molecule has 0 unspecified atom stereocenters. The number of ether oxygens (including phenoxy) is 2. The standard InChI is InChI=1S/C11H13FO3/c1-14-8-15-11-3-2-9(7-13)6-10(11)4-5-12/h2-3,6-7H,4-5,8H2,1H3. The van der Waals surface area contributed by atoms with Crippen LogP contribution in [0.1, 0.15) is 15.9 Å². The smallest absolute Gasteiger partial charge is 0.188 e. The first kappa shape index (κ1) is 11.7. The molecule has 0 aliphatic heterocycles. The SMILES string of the molecule is COCOc1ccc(C=O)cc1CCF. The summed E-state index contributed by atoms with van der Waals surface area (Å²) in [4.78, 5) is 10.5. The molecule has 1 aromatic rings. The number of methoxy groups -OCH3 is 1. The minimum absolute atomic E-state index is 0.111. The molecular weight excluding hydrogens is 199 g/mol. The van der Waals surface area contributed by atoms with E-state index in [0.29, 0.717) is 16.9 Å². The molecule has 0 saturated carbocycles. The molecular formula is C11H13FO3. The number of halogens is 1. The van der Waals surface area contributed by atoms with Gasteiger partial charge in [-0.1, -0.05) is 0 Å². The van der Waals surface area contributed by atoms with E-state index in [-0.39, 0.29) is 13.2 Å². The van der Waals surface area contributed by atoms with Gasteiger partial charge in [-0.15, -0.1) is 0 Å². The van der Waals surface area contributed by atoms with E-state index < -0.39 is 6.67 Å². The van der Waals surface area contributed by atoms with Crippen LogP contribution < -0.4 is 4.74 Å². The Morgan fingerprint density at radius 3 is 2.87 bits per heavy atom. The number of rotatable bonds is 6. The Balaban J connectivity index is 2.87. The molecule has 0 atom stereocenters. The molecule has 1 rings (SSSR count). The van der Waals surface area contributed by atoms with Crippen molar-refractivity contribution in [3.05, 3.63) is 29.3 Å². The van der Waals surface area contributed by atoms with E-state index in [0.717, 1.165) is 6.29 Å². The highest BCUT2D eigenvalue weighted by Gasteiger charge is 2.04. The van der Waals surface area contributed by atoms with Gasteiger partial charge < -0.3 is 9.47 Å². The largest absolute Gasteiger partial charge is 0.467 e.